The van der Waals surface area contributed by atoms with E-state index >= 15 is 4.39 Å². The summed E-state index contributed by atoms with van der Waals surface area (Å²) in [6.45, 7) is 6.28. The van der Waals surface area contributed by atoms with Gasteiger partial charge in [0.15, 0.2) is 0 Å². The molecule has 5 aromatic carbocycles. The summed E-state index contributed by atoms with van der Waals surface area (Å²) in [6, 6.07) is 30.8. The van der Waals surface area contributed by atoms with Crippen LogP contribution in [0.1, 0.15) is 48.5 Å². The number of unbranched alkanes of at least 4 members (excludes halogenated alkanes) is 2. The van der Waals surface area contributed by atoms with Gasteiger partial charge in [0.1, 0.15) is 17.3 Å². The highest BCUT2D eigenvalue weighted by molar-refractivity contribution is 5.96. The molecule has 0 saturated heterocycles. The van der Waals surface area contributed by atoms with Crippen LogP contribution < -0.4 is 9.47 Å². The molecule has 0 spiro atoms. The van der Waals surface area contributed by atoms with Gasteiger partial charge in [-0.15, -0.1) is 0 Å². The lowest BCUT2D eigenvalue weighted by atomic mass is 9.99. The molecule has 0 bridgehead atoms. The van der Waals surface area contributed by atoms with Gasteiger partial charge in [0.25, 0.3) is 0 Å². The van der Waals surface area contributed by atoms with Crippen LogP contribution in [0.25, 0.3) is 33.0 Å². The van der Waals surface area contributed by atoms with E-state index in [9.17, 15) is 9.59 Å². The molecule has 0 N–H and O–H groups in total. The summed E-state index contributed by atoms with van der Waals surface area (Å²) >= 11 is 0. The van der Waals surface area contributed by atoms with Crippen molar-refractivity contribution in [2.75, 3.05) is 13.2 Å². The van der Waals surface area contributed by atoms with Crippen LogP contribution in [0.4, 0.5) is 4.39 Å². The average molecular weight is 627 g/mol. The fourth-order valence-electron chi connectivity index (χ4n) is 4.90. The van der Waals surface area contributed by atoms with E-state index in [2.05, 4.69) is 25.3 Å². The fourth-order valence-corrected chi connectivity index (χ4v) is 4.90. The zero-order valence-corrected chi connectivity index (χ0v) is 26.3. The van der Waals surface area contributed by atoms with Crippen LogP contribution in [0.2, 0.25) is 0 Å². The van der Waals surface area contributed by atoms with E-state index < -0.39 is 11.9 Å². The predicted octanol–water partition coefficient (Wildman–Crippen LogP) is 9.57. The second-order valence-corrected chi connectivity index (χ2v) is 10.9. The molecule has 6 heteroatoms. The first-order valence-electron chi connectivity index (χ1n) is 15.6. The maximum Gasteiger partial charge on any atom is 0.343 e. The quantitative estimate of drug-likeness (QED) is 0.0454. The number of ether oxygens (including phenoxy) is 3. The monoisotopic (exact) mass is 626 g/mol. The summed E-state index contributed by atoms with van der Waals surface area (Å²) in [5.74, 6) is 6.10. The van der Waals surface area contributed by atoms with Gasteiger partial charge in [-0.05, 0) is 101 Å². The highest BCUT2D eigenvalue weighted by Crippen LogP contribution is 2.30. The van der Waals surface area contributed by atoms with E-state index in [1.807, 2.05) is 54.6 Å². The normalized spacial score (nSPS) is 10.5. The first kappa shape index (κ1) is 32.7. The van der Waals surface area contributed by atoms with Crippen molar-refractivity contribution in [2.45, 2.75) is 32.6 Å². The molecular formula is C41H35FO5. The van der Waals surface area contributed by atoms with Crippen molar-refractivity contribution >= 4 is 22.7 Å². The molecule has 0 aliphatic rings. The van der Waals surface area contributed by atoms with Crippen LogP contribution in [0.5, 0.6) is 11.5 Å². The number of hydrogen-bond acceptors (Lipinski definition) is 5. The number of benzene rings is 5. The van der Waals surface area contributed by atoms with Crippen LogP contribution in [-0.2, 0) is 9.53 Å². The number of carbonyl (C=O) groups excluding carboxylic acids is 2. The second kappa shape index (κ2) is 16.1. The molecule has 0 fully saturated rings. The molecule has 5 nitrogen and oxygen atoms in total. The Bertz CT molecular complexity index is 1930. The van der Waals surface area contributed by atoms with Crippen LogP contribution >= 0.6 is 0 Å². The largest absolute Gasteiger partial charge is 0.494 e. The Morgan fingerprint density at radius 2 is 1.45 bits per heavy atom. The van der Waals surface area contributed by atoms with Gasteiger partial charge in [-0.25, -0.2) is 14.0 Å². The summed E-state index contributed by atoms with van der Waals surface area (Å²) in [6.07, 6.45) is 4.46. The predicted molar refractivity (Wildman–Crippen MR) is 184 cm³/mol. The van der Waals surface area contributed by atoms with E-state index in [1.54, 1.807) is 42.5 Å². The van der Waals surface area contributed by atoms with Crippen LogP contribution in [0.15, 0.2) is 116 Å². The van der Waals surface area contributed by atoms with E-state index in [0.717, 1.165) is 52.8 Å². The molecule has 0 amide bonds. The maximum absolute atomic E-state index is 15.2. The third-order valence-corrected chi connectivity index (χ3v) is 7.44. The molecule has 0 heterocycles. The molecule has 0 aliphatic carbocycles. The topological polar surface area (TPSA) is 61.8 Å². The van der Waals surface area contributed by atoms with Crippen molar-refractivity contribution in [3.63, 3.8) is 0 Å². The standard InChI is InChI=1S/C41H35FO5/c1-3-5-6-9-29-10-12-30(13-11-29)34-19-23-38(39(42)28-34)31-16-20-36(21-17-31)47-41(44)35-15-14-33-27-37(22-18-32(33)26-35)45-24-7-8-25-46-40(43)4-2/h4,10-23,26-28H,2-3,5,7-8,24-25H2,1H3. The Labute approximate surface area is 274 Å². The zero-order chi connectivity index (χ0) is 33.0. The van der Waals surface area contributed by atoms with Gasteiger partial charge in [-0.2, -0.15) is 0 Å². The molecule has 0 radical (unpaired) electrons. The molecule has 5 rings (SSSR count). The number of carbonyl (C=O) groups is 2. The van der Waals surface area contributed by atoms with Gasteiger partial charge < -0.3 is 14.2 Å². The Morgan fingerprint density at radius 1 is 0.766 bits per heavy atom. The lowest BCUT2D eigenvalue weighted by molar-refractivity contribution is -0.137. The van der Waals surface area contributed by atoms with Gasteiger partial charge in [-0.3, -0.25) is 0 Å². The highest BCUT2D eigenvalue weighted by atomic mass is 19.1. The molecule has 5 aromatic rings. The summed E-state index contributed by atoms with van der Waals surface area (Å²) in [7, 11) is 0. The van der Waals surface area contributed by atoms with Crippen molar-refractivity contribution < 1.29 is 28.2 Å². The maximum atomic E-state index is 15.2. The summed E-state index contributed by atoms with van der Waals surface area (Å²) in [5.41, 5.74) is 4.18. The molecule has 236 valence electrons. The molecule has 47 heavy (non-hydrogen) atoms. The zero-order valence-electron chi connectivity index (χ0n) is 26.3. The first-order valence-corrected chi connectivity index (χ1v) is 15.6. The van der Waals surface area contributed by atoms with Gasteiger partial charge in [0.05, 0.1) is 18.8 Å². The molecule has 0 unspecified atom stereocenters. The lowest BCUT2D eigenvalue weighted by Crippen LogP contribution is -2.08. The fraction of sp³-hybridized carbons (Fsp3) is 0.171. The number of halogens is 1. The van der Waals surface area contributed by atoms with Crippen molar-refractivity contribution in [2.24, 2.45) is 0 Å². The third-order valence-electron chi connectivity index (χ3n) is 7.44. The third kappa shape index (κ3) is 8.96. The van der Waals surface area contributed by atoms with Gasteiger partial charge in [0.2, 0.25) is 0 Å². The number of hydrogen-bond donors (Lipinski definition) is 0. The minimum atomic E-state index is -0.491. The van der Waals surface area contributed by atoms with Gasteiger partial charge >= 0.3 is 11.9 Å². The highest BCUT2D eigenvalue weighted by Gasteiger charge is 2.12. The summed E-state index contributed by atoms with van der Waals surface area (Å²) < 4.78 is 31.6. The summed E-state index contributed by atoms with van der Waals surface area (Å²) in [4.78, 5) is 24.0. The van der Waals surface area contributed by atoms with E-state index in [1.165, 1.54) is 6.07 Å². The Morgan fingerprint density at radius 3 is 2.19 bits per heavy atom. The minimum absolute atomic E-state index is 0.327. The van der Waals surface area contributed by atoms with E-state index in [-0.39, 0.29) is 5.82 Å². The number of esters is 2. The first-order chi connectivity index (χ1) is 22.9. The van der Waals surface area contributed by atoms with Crippen molar-refractivity contribution in [3.05, 3.63) is 133 Å². The van der Waals surface area contributed by atoms with E-state index in [4.69, 9.17) is 14.2 Å². The van der Waals surface area contributed by atoms with E-state index in [0.29, 0.717) is 47.8 Å². The Hall–Kier alpha value is -5.67. The smallest absolute Gasteiger partial charge is 0.343 e. The van der Waals surface area contributed by atoms with Crippen molar-refractivity contribution in [1.82, 2.24) is 0 Å². The second-order valence-electron chi connectivity index (χ2n) is 10.9. The minimum Gasteiger partial charge on any atom is -0.494 e. The molecule has 0 aromatic heterocycles. The van der Waals surface area contributed by atoms with Crippen LogP contribution in [0.3, 0.4) is 0 Å². The van der Waals surface area contributed by atoms with Gasteiger partial charge in [0, 0.05) is 23.6 Å². The van der Waals surface area contributed by atoms with Crippen molar-refractivity contribution in [1.29, 1.82) is 0 Å². The molecule has 0 atom stereocenters. The van der Waals surface area contributed by atoms with Crippen LogP contribution in [0, 0.1) is 17.7 Å². The SMILES string of the molecule is C=CC(=O)OCCCCOc1ccc2cc(C(=O)Oc3ccc(-c4ccc(-c5ccc(C#CCCC)cc5)cc4F)cc3)ccc2c1. The van der Waals surface area contributed by atoms with Crippen molar-refractivity contribution in [3.8, 4) is 45.6 Å². The molecular weight excluding hydrogens is 591 g/mol. The lowest BCUT2D eigenvalue weighted by Gasteiger charge is -2.10. The van der Waals surface area contributed by atoms with Crippen LogP contribution in [-0.4, -0.2) is 25.2 Å². The average Bonchev–Trinajstić information content (AvgIpc) is 3.10. The Balaban J connectivity index is 1.17. The molecule has 0 aliphatic heterocycles. The number of rotatable bonds is 12. The Kier molecular flexibility index (Phi) is 11.2. The van der Waals surface area contributed by atoms with Gasteiger partial charge in [-0.1, -0.05) is 73.9 Å². The molecule has 0 saturated carbocycles. The number of fused-ring (bicyclic) bond motifs is 1. The summed E-state index contributed by atoms with van der Waals surface area (Å²) in [5, 5.41) is 1.79.